The molecule has 4 aromatic rings. The Morgan fingerprint density at radius 1 is 1.35 bits per heavy atom. The summed E-state index contributed by atoms with van der Waals surface area (Å²) in [5.41, 5.74) is 8.47. The molecule has 130 valence electrons. The fourth-order valence-electron chi connectivity index (χ4n) is 2.65. The first-order valence-electron chi connectivity index (χ1n) is 7.21. The average molecular weight is 389 g/mol. The molecule has 0 fully saturated rings. The van der Waals surface area contributed by atoms with Gasteiger partial charge in [-0.3, -0.25) is 14.7 Å². The van der Waals surface area contributed by atoms with Gasteiger partial charge in [-0.1, -0.05) is 11.6 Å². The maximum absolute atomic E-state index is 11.6. The Labute approximate surface area is 154 Å². The molecule has 0 saturated carbocycles. The lowest BCUT2D eigenvalue weighted by atomic mass is 10.1. The molecular weight excluding hydrogens is 380 g/mol. The Kier molecular flexibility index (Phi) is 3.71. The van der Waals surface area contributed by atoms with Crippen LogP contribution in [-0.2, 0) is 0 Å². The number of carbonyl (C=O) groups is 1. The number of hydrogen-bond acceptors (Lipinski definition) is 6. The van der Waals surface area contributed by atoms with E-state index in [9.17, 15) is 14.9 Å². The van der Waals surface area contributed by atoms with Gasteiger partial charge in [0.25, 0.3) is 5.69 Å². The van der Waals surface area contributed by atoms with E-state index in [0.29, 0.717) is 27.4 Å². The standard InChI is InChI=1S/C15H9ClN6O3S/c16-10-6-8(22(24)25)3-4-9(10)11-2-1-5-20(11)14-12-13(18-7-26-12)21(19-14)15(17)23/h1-7H,(H2,17,23). The zero-order valence-electron chi connectivity index (χ0n) is 12.9. The van der Waals surface area contributed by atoms with Crippen molar-refractivity contribution in [2.75, 3.05) is 0 Å². The summed E-state index contributed by atoms with van der Waals surface area (Å²) >= 11 is 7.57. The summed E-state index contributed by atoms with van der Waals surface area (Å²) in [5, 5.41) is 15.4. The first-order chi connectivity index (χ1) is 12.5. The average Bonchev–Trinajstić information content (AvgIpc) is 3.30. The Bertz CT molecular complexity index is 1180. The number of fused-ring (bicyclic) bond motifs is 1. The van der Waals surface area contributed by atoms with Gasteiger partial charge in [-0.25, -0.2) is 9.78 Å². The summed E-state index contributed by atoms with van der Waals surface area (Å²) in [6, 6.07) is 7.07. The van der Waals surface area contributed by atoms with Crippen LogP contribution in [0.3, 0.4) is 0 Å². The van der Waals surface area contributed by atoms with E-state index in [2.05, 4.69) is 10.1 Å². The topological polar surface area (TPSA) is 122 Å². The largest absolute Gasteiger partial charge is 0.350 e. The van der Waals surface area contributed by atoms with Crippen molar-refractivity contribution in [2.24, 2.45) is 5.73 Å². The summed E-state index contributed by atoms with van der Waals surface area (Å²) in [6.07, 6.45) is 1.75. The quantitative estimate of drug-likeness (QED) is 0.425. The number of non-ortho nitro benzene ring substituents is 1. The lowest BCUT2D eigenvalue weighted by Crippen LogP contribution is -2.21. The minimum Gasteiger partial charge on any atom is -0.350 e. The highest BCUT2D eigenvalue weighted by molar-refractivity contribution is 7.17. The first-order valence-corrected chi connectivity index (χ1v) is 8.47. The number of nitro groups is 1. The molecule has 0 saturated heterocycles. The highest BCUT2D eigenvalue weighted by atomic mass is 35.5. The third-order valence-electron chi connectivity index (χ3n) is 3.77. The summed E-state index contributed by atoms with van der Waals surface area (Å²) in [4.78, 5) is 26.1. The summed E-state index contributed by atoms with van der Waals surface area (Å²) in [7, 11) is 0. The third-order valence-corrected chi connectivity index (χ3v) is 4.90. The lowest BCUT2D eigenvalue weighted by Gasteiger charge is -2.08. The number of carbonyl (C=O) groups excluding carboxylic acids is 1. The number of nitrogens with zero attached hydrogens (tertiary/aromatic N) is 5. The van der Waals surface area contributed by atoms with Gasteiger partial charge in [0.15, 0.2) is 11.5 Å². The third kappa shape index (κ3) is 2.43. The van der Waals surface area contributed by atoms with Crippen molar-refractivity contribution >= 4 is 45.0 Å². The van der Waals surface area contributed by atoms with Crippen LogP contribution in [-0.4, -0.2) is 30.3 Å². The van der Waals surface area contributed by atoms with Crippen LogP contribution in [0.15, 0.2) is 42.0 Å². The van der Waals surface area contributed by atoms with Crippen molar-refractivity contribution in [3.8, 4) is 17.1 Å². The van der Waals surface area contributed by atoms with E-state index in [-0.39, 0.29) is 10.7 Å². The van der Waals surface area contributed by atoms with E-state index in [0.717, 1.165) is 4.68 Å². The molecule has 3 aromatic heterocycles. The highest BCUT2D eigenvalue weighted by Crippen LogP contribution is 2.34. The van der Waals surface area contributed by atoms with Crippen LogP contribution < -0.4 is 5.73 Å². The minimum atomic E-state index is -0.741. The molecule has 0 bridgehead atoms. The zero-order chi connectivity index (χ0) is 18.4. The Morgan fingerprint density at radius 2 is 2.15 bits per heavy atom. The number of aromatic nitrogens is 4. The van der Waals surface area contributed by atoms with Crippen molar-refractivity contribution < 1.29 is 9.72 Å². The second-order valence-electron chi connectivity index (χ2n) is 5.26. The van der Waals surface area contributed by atoms with Gasteiger partial charge in [-0.2, -0.15) is 4.68 Å². The van der Waals surface area contributed by atoms with Gasteiger partial charge in [0.1, 0.15) is 4.70 Å². The molecule has 0 aliphatic rings. The van der Waals surface area contributed by atoms with Crippen molar-refractivity contribution in [1.29, 1.82) is 0 Å². The van der Waals surface area contributed by atoms with E-state index in [1.54, 1.807) is 34.5 Å². The smallest absolute Gasteiger partial charge is 0.341 e. The summed E-state index contributed by atoms with van der Waals surface area (Å²) < 4.78 is 3.44. The SMILES string of the molecule is NC(=O)n1nc(-n2cccc2-c2ccc([N+](=O)[O-])cc2Cl)c2scnc21. The number of thiazole rings is 1. The predicted octanol–water partition coefficient (Wildman–Crippen LogP) is 3.44. The first kappa shape index (κ1) is 16.2. The molecular formula is C15H9ClN6O3S. The number of hydrogen-bond donors (Lipinski definition) is 1. The molecule has 0 radical (unpaired) electrons. The van der Waals surface area contributed by atoms with Crippen molar-refractivity contribution in [3.05, 3.63) is 57.2 Å². The number of nitro benzene ring substituents is 1. The molecule has 0 atom stereocenters. The van der Waals surface area contributed by atoms with E-state index in [1.165, 1.54) is 23.5 Å². The van der Waals surface area contributed by atoms with Crippen LogP contribution in [0.25, 0.3) is 27.4 Å². The minimum absolute atomic E-state index is 0.0975. The normalized spacial score (nSPS) is 11.1. The van der Waals surface area contributed by atoms with E-state index >= 15 is 0 Å². The van der Waals surface area contributed by atoms with Crippen molar-refractivity contribution in [3.63, 3.8) is 0 Å². The van der Waals surface area contributed by atoms with Crippen LogP contribution in [0.4, 0.5) is 10.5 Å². The van der Waals surface area contributed by atoms with E-state index in [1.807, 2.05) is 0 Å². The zero-order valence-corrected chi connectivity index (χ0v) is 14.4. The van der Waals surface area contributed by atoms with Gasteiger partial charge in [-0.05, 0) is 18.2 Å². The Hall–Kier alpha value is -3.24. The molecule has 0 aliphatic heterocycles. The monoisotopic (exact) mass is 388 g/mol. The van der Waals surface area contributed by atoms with Crippen LogP contribution in [0.1, 0.15) is 0 Å². The maximum atomic E-state index is 11.6. The molecule has 3 heterocycles. The Balaban J connectivity index is 1.91. The van der Waals surface area contributed by atoms with Gasteiger partial charge in [0, 0.05) is 23.9 Å². The lowest BCUT2D eigenvalue weighted by molar-refractivity contribution is -0.384. The summed E-state index contributed by atoms with van der Waals surface area (Å²) in [5.74, 6) is 0.468. The van der Waals surface area contributed by atoms with Crippen molar-refractivity contribution in [1.82, 2.24) is 19.3 Å². The maximum Gasteiger partial charge on any atom is 0.341 e. The van der Waals surface area contributed by atoms with E-state index in [4.69, 9.17) is 17.3 Å². The van der Waals surface area contributed by atoms with Gasteiger partial charge in [0.2, 0.25) is 0 Å². The summed E-state index contributed by atoms with van der Waals surface area (Å²) in [6.45, 7) is 0. The van der Waals surface area contributed by atoms with Crippen molar-refractivity contribution in [2.45, 2.75) is 0 Å². The number of amides is 1. The molecule has 11 heteroatoms. The number of nitrogens with two attached hydrogens (primary N) is 1. The number of benzene rings is 1. The molecule has 0 aliphatic carbocycles. The van der Waals surface area contributed by atoms with Crippen LogP contribution >= 0.6 is 22.9 Å². The molecule has 4 rings (SSSR count). The van der Waals surface area contributed by atoms with Gasteiger partial charge in [0.05, 0.1) is 21.2 Å². The second kappa shape index (κ2) is 5.93. The molecule has 2 N–H and O–H groups in total. The fraction of sp³-hybridized carbons (Fsp3) is 0. The second-order valence-corrected chi connectivity index (χ2v) is 6.53. The molecule has 9 nitrogen and oxygen atoms in total. The number of primary amides is 1. The molecule has 1 amide bonds. The fourth-order valence-corrected chi connectivity index (χ4v) is 3.67. The predicted molar refractivity (Wildman–Crippen MR) is 96.8 cm³/mol. The van der Waals surface area contributed by atoms with Crippen LogP contribution in [0.2, 0.25) is 5.02 Å². The van der Waals surface area contributed by atoms with Gasteiger partial charge < -0.3 is 5.73 Å². The number of halogens is 1. The van der Waals surface area contributed by atoms with Crippen LogP contribution in [0.5, 0.6) is 0 Å². The van der Waals surface area contributed by atoms with E-state index < -0.39 is 11.0 Å². The Morgan fingerprint density at radius 3 is 2.85 bits per heavy atom. The van der Waals surface area contributed by atoms with Gasteiger partial charge in [-0.15, -0.1) is 16.4 Å². The molecule has 0 unspecified atom stereocenters. The molecule has 1 aromatic carbocycles. The molecule has 0 spiro atoms. The number of rotatable bonds is 3. The highest BCUT2D eigenvalue weighted by Gasteiger charge is 2.21. The molecule has 26 heavy (non-hydrogen) atoms. The van der Waals surface area contributed by atoms with Crippen LogP contribution in [0, 0.1) is 10.1 Å². The van der Waals surface area contributed by atoms with Gasteiger partial charge >= 0.3 is 6.03 Å².